The summed E-state index contributed by atoms with van der Waals surface area (Å²) in [6, 6.07) is 0. The van der Waals surface area contributed by atoms with E-state index in [1.807, 2.05) is 0 Å². The number of anilines is 1. The standard InChI is InChI=1S/C18H26FN3O4S/c1-9(2)11-5-4-10(3)6-12(11)18(16(23)24)26-14(8-27-18)22-7-13(19)15(20)21-17(22)25/h7,9-12,14H,4-6,8H2,1-3H3,(H,23,24)(H2,20,21,25)/t10-,11?,12?,14-,18+/m1/s1. The van der Waals surface area contributed by atoms with Gasteiger partial charge in [-0.15, -0.1) is 11.8 Å². The Morgan fingerprint density at radius 1 is 1.52 bits per heavy atom. The molecule has 1 aromatic heterocycles. The molecule has 3 rings (SSSR count). The molecular formula is C18H26FN3O4S. The van der Waals surface area contributed by atoms with Crippen LogP contribution in [0, 0.1) is 29.5 Å². The third kappa shape index (κ3) is 3.59. The van der Waals surface area contributed by atoms with Crippen LogP contribution in [0.15, 0.2) is 11.0 Å². The Morgan fingerprint density at radius 2 is 2.22 bits per heavy atom. The van der Waals surface area contributed by atoms with Crippen LogP contribution in [0.3, 0.4) is 0 Å². The summed E-state index contributed by atoms with van der Waals surface area (Å²) in [6.45, 7) is 6.33. The third-order valence-corrected chi connectivity index (χ3v) is 7.26. The molecule has 2 heterocycles. The fourth-order valence-corrected chi connectivity index (χ4v) is 5.78. The molecule has 0 spiro atoms. The number of aliphatic carboxylic acids is 1. The Kier molecular flexibility index (Phi) is 5.54. The summed E-state index contributed by atoms with van der Waals surface area (Å²) in [7, 11) is 0. The van der Waals surface area contributed by atoms with E-state index < -0.39 is 34.5 Å². The fraction of sp³-hybridized carbons (Fsp3) is 0.722. The zero-order valence-corrected chi connectivity index (χ0v) is 16.5. The smallest absolute Gasteiger partial charge is 0.351 e. The number of rotatable bonds is 4. The molecule has 1 aliphatic heterocycles. The molecular weight excluding hydrogens is 373 g/mol. The Labute approximate surface area is 161 Å². The monoisotopic (exact) mass is 399 g/mol. The molecule has 5 atom stereocenters. The highest BCUT2D eigenvalue weighted by Gasteiger charge is 2.57. The average Bonchev–Trinajstić information content (AvgIpc) is 3.04. The van der Waals surface area contributed by atoms with Gasteiger partial charge in [0.05, 0.1) is 6.20 Å². The molecule has 7 nitrogen and oxygen atoms in total. The van der Waals surface area contributed by atoms with Crippen LogP contribution in [0.2, 0.25) is 0 Å². The highest BCUT2D eigenvalue weighted by atomic mass is 32.2. The molecule has 27 heavy (non-hydrogen) atoms. The van der Waals surface area contributed by atoms with E-state index in [2.05, 4.69) is 25.8 Å². The molecule has 1 aliphatic carbocycles. The van der Waals surface area contributed by atoms with Gasteiger partial charge in [-0.25, -0.2) is 14.0 Å². The van der Waals surface area contributed by atoms with Gasteiger partial charge in [0, 0.05) is 11.7 Å². The number of halogens is 1. The van der Waals surface area contributed by atoms with Gasteiger partial charge in [-0.3, -0.25) is 4.57 Å². The largest absolute Gasteiger partial charge is 0.478 e. The van der Waals surface area contributed by atoms with E-state index in [4.69, 9.17) is 10.5 Å². The summed E-state index contributed by atoms with van der Waals surface area (Å²) in [4.78, 5) is 26.5. The zero-order chi connectivity index (χ0) is 19.9. The van der Waals surface area contributed by atoms with E-state index in [1.165, 1.54) is 11.8 Å². The highest BCUT2D eigenvalue weighted by molar-refractivity contribution is 8.01. The van der Waals surface area contributed by atoms with Gasteiger partial charge in [0.2, 0.25) is 4.93 Å². The lowest BCUT2D eigenvalue weighted by molar-refractivity contribution is -0.173. The maximum atomic E-state index is 13.8. The second-order valence-electron chi connectivity index (χ2n) is 7.95. The van der Waals surface area contributed by atoms with Gasteiger partial charge in [-0.2, -0.15) is 4.98 Å². The summed E-state index contributed by atoms with van der Waals surface area (Å²) in [5, 5.41) is 10.1. The second kappa shape index (κ2) is 7.43. The summed E-state index contributed by atoms with van der Waals surface area (Å²) < 4.78 is 20.8. The van der Waals surface area contributed by atoms with Crippen molar-refractivity contribution in [1.29, 1.82) is 0 Å². The number of nitrogens with two attached hydrogens (primary N) is 1. The van der Waals surface area contributed by atoms with Crippen molar-refractivity contribution in [1.82, 2.24) is 9.55 Å². The summed E-state index contributed by atoms with van der Waals surface area (Å²) in [5.74, 6) is -1.38. The van der Waals surface area contributed by atoms with Crippen molar-refractivity contribution in [3.63, 3.8) is 0 Å². The van der Waals surface area contributed by atoms with Crippen LogP contribution in [0.5, 0.6) is 0 Å². The summed E-state index contributed by atoms with van der Waals surface area (Å²) in [6.07, 6.45) is 2.81. The number of carboxylic acid groups (broad SMARTS) is 1. The van der Waals surface area contributed by atoms with Crippen molar-refractivity contribution >= 4 is 23.5 Å². The van der Waals surface area contributed by atoms with E-state index in [0.717, 1.165) is 30.0 Å². The van der Waals surface area contributed by atoms with E-state index in [-0.39, 0.29) is 17.6 Å². The molecule has 1 saturated carbocycles. The molecule has 0 radical (unpaired) electrons. The molecule has 0 bridgehead atoms. The first-order chi connectivity index (χ1) is 12.7. The van der Waals surface area contributed by atoms with Gasteiger partial charge in [0.25, 0.3) is 0 Å². The minimum absolute atomic E-state index is 0.184. The van der Waals surface area contributed by atoms with E-state index >= 15 is 0 Å². The van der Waals surface area contributed by atoms with Crippen molar-refractivity contribution < 1.29 is 19.0 Å². The fourth-order valence-electron chi connectivity index (χ4n) is 4.37. The number of nitrogens with zero attached hydrogens (tertiary/aromatic N) is 2. The van der Waals surface area contributed by atoms with E-state index in [1.54, 1.807) is 0 Å². The molecule has 2 aliphatic rings. The maximum Gasteiger partial charge on any atom is 0.351 e. The Bertz CT molecular complexity index is 786. The molecule has 1 saturated heterocycles. The van der Waals surface area contributed by atoms with Gasteiger partial charge in [0.1, 0.15) is 6.23 Å². The van der Waals surface area contributed by atoms with Crippen LogP contribution in [0.4, 0.5) is 10.2 Å². The Morgan fingerprint density at radius 3 is 2.85 bits per heavy atom. The van der Waals surface area contributed by atoms with Gasteiger partial charge < -0.3 is 15.6 Å². The van der Waals surface area contributed by atoms with E-state index in [9.17, 15) is 19.1 Å². The van der Waals surface area contributed by atoms with E-state index in [0.29, 0.717) is 11.8 Å². The molecule has 1 aromatic rings. The lowest BCUT2D eigenvalue weighted by atomic mass is 9.67. The minimum Gasteiger partial charge on any atom is -0.478 e. The predicted octanol–water partition coefficient (Wildman–Crippen LogP) is 2.72. The minimum atomic E-state index is -1.45. The lowest BCUT2D eigenvalue weighted by Gasteiger charge is -2.44. The number of nitrogen functional groups attached to an aromatic ring is 1. The molecule has 3 N–H and O–H groups in total. The number of aromatic nitrogens is 2. The van der Waals surface area contributed by atoms with Gasteiger partial charge >= 0.3 is 11.7 Å². The third-order valence-electron chi connectivity index (χ3n) is 5.80. The average molecular weight is 399 g/mol. The first-order valence-corrected chi connectivity index (χ1v) is 10.2. The number of hydrogen-bond donors (Lipinski definition) is 2. The van der Waals surface area contributed by atoms with Crippen LogP contribution in [0.25, 0.3) is 0 Å². The number of thioether (sulfide) groups is 1. The zero-order valence-electron chi connectivity index (χ0n) is 15.7. The lowest BCUT2D eigenvalue weighted by Crippen LogP contribution is -2.50. The summed E-state index contributed by atoms with van der Waals surface area (Å²) in [5.41, 5.74) is 4.58. The SMILES string of the molecule is CC(C)C1CC[C@@H](C)CC1[C@]1(C(=O)O)O[C@@H](n2cc(F)c(N)nc2=O)CS1. The van der Waals surface area contributed by atoms with Crippen LogP contribution in [-0.4, -0.2) is 31.3 Å². The van der Waals surface area contributed by atoms with Crippen LogP contribution in [0.1, 0.15) is 46.3 Å². The van der Waals surface area contributed by atoms with Crippen LogP contribution in [-0.2, 0) is 9.53 Å². The van der Waals surface area contributed by atoms with Crippen molar-refractivity contribution in [3.8, 4) is 0 Å². The van der Waals surface area contributed by atoms with Gasteiger partial charge in [-0.1, -0.05) is 27.2 Å². The molecule has 9 heteroatoms. The molecule has 0 aromatic carbocycles. The topological polar surface area (TPSA) is 107 Å². The number of carbonyl (C=O) groups is 1. The number of carboxylic acids is 1. The molecule has 0 amide bonds. The maximum absolute atomic E-state index is 13.8. The highest BCUT2D eigenvalue weighted by Crippen LogP contribution is 2.54. The van der Waals surface area contributed by atoms with Crippen LogP contribution < -0.4 is 11.4 Å². The molecule has 2 fully saturated rings. The quantitative estimate of drug-likeness (QED) is 0.801. The molecule has 2 unspecified atom stereocenters. The first-order valence-electron chi connectivity index (χ1n) is 9.25. The Hall–Kier alpha value is -1.61. The van der Waals surface area contributed by atoms with Gasteiger partial charge in [-0.05, 0) is 30.6 Å². The number of ether oxygens (including phenoxy) is 1. The van der Waals surface area contributed by atoms with Crippen molar-refractivity contribution in [2.24, 2.45) is 23.7 Å². The predicted molar refractivity (Wildman–Crippen MR) is 101 cm³/mol. The first kappa shape index (κ1) is 20.1. The second-order valence-corrected chi connectivity index (χ2v) is 9.18. The molecule has 150 valence electrons. The summed E-state index contributed by atoms with van der Waals surface area (Å²) >= 11 is 1.19. The van der Waals surface area contributed by atoms with Crippen molar-refractivity contribution in [2.45, 2.75) is 51.2 Å². The normalized spacial score (nSPS) is 34.1. The van der Waals surface area contributed by atoms with Crippen molar-refractivity contribution in [3.05, 3.63) is 22.5 Å². The van der Waals surface area contributed by atoms with Gasteiger partial charge in [0.15, 0.2) is 11.6 Å². The Balaban J connectivity index is 1.96. The number of hydrogen-bond acceptors (Lipinski definition) is 6. The van der Waals surface area contributed by atoms with Crippen LogP contribution >= 0.6 is 11.8 Å². The van der Waals surface area contributed by atoms with Crippen molar-refractivity contribution in [2.75, 3.05) is 11.5 Å².